The predicted molar refractivity (Wildman–Crippen MR) is 133 cm³/mol. The van der Waals surface area contributed by atoms with Gasteiger partial charge in [0.2, 0.25) is 0 Å². The lowest BCUT2D eigenvalue weighted by molar-refractivity contribution is 0.122. The molecule has 3 saturated carbocycles. The van der Waals surface area contributed by atoms with Crippen LogP contribution in [-0.2, 0) is 19.3 Å². The van der Waals surface area contributed by atoms with Crippen LogP contribution < -0.4 is 15.5 Å². The van der Waals surface area contributed by atoms with Crippen molar-refractivity contribution in [1.82, 2.24) is 15.3 Å². The quantitative estimate of drug-likeness (QED) is 0.604. The van der Waals surface area contributed by atoms with Crippen molar-refractivity contribution in [2.75, 3.05) is 36.5 Å². The number of morpholine rings is 1. The Morgan fingerprint density at radius 1 is 1.03 bits per heavy atom. The maximum Gasteiger partial charge on any atom is 0.319 e. The molecule has 1 saturated heterocycles. The Labute approximate surface area is 205 Å². The number of anilines is 2. The highest BCUT2D eigenvalue weighted by Gasteiger charge is 2.61. The lowest BCUT2D eigenvalue weighted by Gasteiger charge is -2.29. The highest BCUT2D eigenvalue weighted by atomic mass is 32.2. The number of rotatable bonds is 7. The zero-order chi connectivity index (χ0) is 24.0. The van der Waals surface area contributed by atoms with Crippen LogP contribution in [0.2, 0.25) is 0 Å². The van der Waals surface area contributed by atoms with Crippen LogP contribution in [0.15, 0.2) is 30.3 Å². The minimum Gasteiger partial charge on any atom is -0.378 e. The number of nitrogens with one attached hydrogen (secondary N) is 2. The third-order valence-corrected chi connectivity index (χ3v) is 10.6. The zero-order valence-electron chi connectivity index (χ0n) is 19.7. The van der Waals surface area contributed by atoms with Crippen LogP contribution in [0.4, 0.5) is 16.3 Å². The van der Waals surface area contributed by atoms with E-state index in [0.717, 1.165) is 43.5 Å². The number of sulfone groups is 1. The monoisotopic (exact) mass is 497 g/mol. The summed E-state index contributed by atoms with van der Waals surface area (Å²) in [6, 6.07) is 9.35. The number of hydrogen-bond donors (Lipinski definition) is 2. The van der Waals surface area contributed by atoms with Gasteiger partial charge in [0.1, 0.15) is 10.6 Å². The number of carbonyl (C=O) groups excluding carboxylic acids is 1. The molecule has 0 bridgehead atoms. The van der Waals surface area contributed by atoms with Crippen molar-refractivity contribution in [2.24, 2.45) is 0 Å². The third kappa shape index (κ3) is 4.38. The summed E-state index contributed by atoms with van der Waals surface area (Å²) in [7, 11) is -3.27. The lowest BCUT2D eigenvalue weighted by Crippen LogP contribution is -2.41. The van der Waals surface area contributed by atoms with Gasteiger partial charge in [-0.15, -0.1) is 0 Å². The van der Waals surface area contributed by atoms with Crippen molar-refractivity contribution < 1.29 is 17.9 Å². The van der Waals surface area contributed by atoms with Gasteiger partial charge in [0.05, 0.1) is 24.2 Å². The van der Waals surface area contributed by atoms with Crippen LogP contribution in [0.3, 0.4) is 0 Å². The second kappa shape index (κ2) is 8.74. The Bertz CT molecular complexity index is 1210. The van der Waals surface area contributed by atoms with Gasteiger partial charge in [0.15, 0.2) is 15.7 Å². The van der Waals surface area contributed by atoms with Crippen LogP contribution in [0.5, 0.6) is 0 Å². The Kier molecular flexibility index (Phi) is 5.68. The van der Waals surface area contributed by atoms with Crippen molar-refractivity contribution in [2.45, 2.75) is 61.0 Å². The second-order valence-corrected chi connectivity index (χ2v) is 12.6. The predicted octanol–water partition coefficient (Wildman–Crippen LogP) is 3.22. The van der Waals surface area contributed by atoms with E-state index in [1.54, 1.807) is 0 Å². The summed E-state index contributed by atoms with van der Waals surface area (Å²) < 4.78 is 31.3. The molecule has 1 aliphatic heterocycles. The van der Waals surface area contributed by atoms with Crippen LogP contribution in [0, 0.1) is 0 Å². The van der Waals surface area contributed by atoms with Crippen molar-refractivity contribution in [3.05, 3.63) is 36.0 Å². The first kappa shape index (κ1) is 22.7. The lowest BCUT2D eigenvalue weighted by atomic mass is 9.93. The molecule has 0 atom stereocenters. The summed E-state index contributed by atoms with van der Waals surface area (Å²) in [5.41, 5.74) is 2.08. The summed E-state index contributed by atoms with van der Waals surface area (Å²) in [5.74, 6) is 1.25. The van der Waals surface area contributed by atoms with E-state index in [0.29, 0.717) is 56.4 Å². The molecule has 1 aromatic carbocycles. The van der Waals surface area contributed by atoms with Gasteiger partial charge in [-0.25, -0.2) is 23.2 Å². The molecule has 6 rings (SSSR count). The van der Waals surface area contributed by atoms with E-state index in [-0.39, 0.29) is 17.3 Å². The molecule has 2 aromatic rings. The van der Waals surface area contributed by atoms with Crippen LogP contribution >= 0.6 is 0 Å². The van der Waals surface area contributed by atoms with E-state index in [4.69, 9.17) is 14.7 Å². The SMILES string of the molecule is O=C(Nc1ccc(-c2nc(N3CCOCC3)cc(C3(S(=O)(=O)C4CC4)CC3)n2)cc1)NC1CCC1. The Hall–Kier alpha value is -2.72. The number of aromatic nitrogens is 2. The molecule has 9 nitrogen and oxygen atoms in total. The molecule has 0 spiro atoms. The highest BCUT2D eigenvalue weighted by molar-refractivity contribution is 7.93. The maximum atomic E-state index is 13.3. The van der Waals surface area contributed by atoms with Gasteiger partial charge < -0.3 is 20.3 Å². The standard InChI is InChI=1S/C25H31N5O4S/c31-24(26-18-2-1-3-18)27-19-6-4-17(5-7-19)23-28-21(16-22(29-23)30-12-14-34-15-13-30)25(10-11-25)35(32,33)20-8-9-20/h4-7,16,18,20H,1-3,8-15H2,(H2,26,27,31). The van der Waals surface area contributed by atoms with E-state index >= 15 is 0 Å². The number of ether oxygens (including phenoxy) is 1. The minimum atomic E-state index is -3.27. The number of amides is 2. The number of carbonyl (C=O) groups is 1. The minimum absolute atomic E-state index is 0.198. The largest absolute Gasteiger partial charge is 0.378 e. The highest BCUT2D eigenvalue weighted by Crippen LogP contribution is 2.57. The number of benzene rings is 1. The summed E-state index contributed by atoms with van der Waals surface area (Å²) in [6.07, 6.45) is 5.96. The first-order chi connectivity index (χ1) is 16.9. The molecule has 0 radical (unpaired) electrons. The topological polar surface area (TPSA) is 114 Å². The molecule has 35 heavy (non-hydrogen) atoms. The molecule has 10 heteroatoms. The van der Waals surface area contributed by atoms with Crippen molar-refractivity contribution >= 4 is 27.4 Å². The maximum absolute atomic E-state index is 13.3. The molecule has 1 aromatic heterocycles. The molecule has 3 aliphatic carbocycles. The summed E-state index contributed by atoms with van der Waals surface area (Å²) in [5, 5.41) is 5.61. The van der Waals surface area contributed by atoms with E-state index in [9.17, 15) is 13.2 Å². The fraction of sp³-hybridized carbons (Fsp3) is 0.560. The fourth-order valence-corrected chi connectivity index (χ4v) is 7.32. The molecule has 4 fully saturated rings. The van der Waals surface area contributed by atoms with E-state index in [1.165, 1.54) is 0 Å². The fourth-order valence-electron chi connectivity index (χ4n) is 4.86. The molecule has 4 aliphatic rings. The van der Waals surface area contributed by atoms with Gasteiger partial charge >= 0.3 is 6.03 Å². The molecule has 2 N–H and O–H groups in total. The van der Waals surface area contributed by atoms with E-state index in [1.807, 2.05) is 30.3 Å². The molecular formula is C25H31N5O4S. The summed E-state index contributed by atoms with van der Waals surface area (Å²) in [4.78, 5) is 24.0. The summed E-state index contributed by atoms with van der Waals surface area (Å²) in [6.45, 7) is 2.64. The van der Waals surface area contributed by atoms with E-state index in [2.05, 4.69) is 15.5 Å². The number of nitrogens with zero attached hydrogens (tertiary/aromatic N) is 3. The van der Waals surface area contributed by atoms with Gasteiger partial charge in [0, 0.05) is 36.4 Å². The average Bonchev–Trinajstić information content (AvgIpc) is 3.75. The third-order valence-electron chi connectivity index (χ3n) is 7.57. The van der Waals surface area contributed by atoms with Crippen molar-refractivity contribution in [3.63, 3.8) is 0 Å². The van der Waals surface area contributed by atoms with Crippen molar-refractivity contribution in [1.29, 1.82) is 0 Å². The van der Waals surface area contributed by atoms with Crippen LogP contribution in [0.25, 0.3) is 11.4 Å². The first-order valence-electron chi connectivity index (χ1n) is 12.6. The summed E-state index contributed by atoms with van der Waals surface area (Å²) >= 11 is 0. The Balaban J connectivity index is 1.30. The van der Waals surface area contributed by atoms with Crippen molar-refractivity contribution in [3.8, 4) is 11.4 Å². The smallest absolute Gasteiger partial charge is 0.319 e. The Morgan fingerprint density at radius 2 is 1.74 bits per heavy atom. The van der Waals surface area contributed by atoms with Gasteiger partial charge in [-0.3, -0.25) is 0 Å². The average molecular weight is 498 g/mol. The van der Waals surface area contributed by atoms with Gasteiger partial charge in [-0.05, 0) is 69.2 Å². The Morgan fingerprint density at radius 3 is 2.34 bits per heavy atom. The number of urea groups is 1. The van der Waals surface area contributed by atoms with Crippen LogP contribution in [-0.4, -0.2) is 62.0 Å². The van der Waals surface area contributed by atoms with Crippen LogP contribution in [0.1, 0.15) is 50.6 Å². The zero-order valence-corrected chi connectivity index (χ0v) is 20.5. The molecule has 186 valence electrons. The normalized spacial score (nSPS) is 21.8. The van der Waals surface area contributed by atoms with Gasteiger partial charge in [0.25, 0.3) is 0 Å². The molecular weight excluding hydrogens is 466 g/mol. The van der Waals surface area contributed by atoms with Gasteiger partial charge in [-0.2, -0.15) is 0 Å². The second-order valence-electron chi connectivity index (χ2n) is 10.1. The molecule has 0 unspecified atom stereocenters. The molecule has 2 amide bonds. The van der Waals surface area contributed by atoms with E-state index < -0.39 is 14.6 Å². The first-order valence-corrected chi connectivity index (χ1v) is 14.1. The number of hydrogen-bond acceptors (Lipinski definition) is 7. The van der Waals surface area contributed by atoms with Gasteiger partial charge in [-0.1, -0.05) is 0 Å². The molecule has 2 heterocycles.